The molecule has 0 amide bonds. The van der Waals surface area contributed by atoms with Gasteiger partial charge >= 0.3 is 12.4 Å². The first kappa shape index (κ1) is 19.5. The molecule has 1 aromatic carbocycles. The second kappa shape index (κ2) is 6.50. The molecule has 0 atom stereocenters. The number of aliphatic hydroxyl groups excluding tert-OH is 1. The van der Waals surface area contributed by atoms with Crippen molar-refractivity contribution in [2.24, 2.45) is 5.73 Å². The minimum atomic E-state index is -5.81. The van der Waals surface area contributed by atoms with Crippen LogP contribution in [0.15, 0.2) is 60.5 Å². The zero-order valence-corrected chi connectivity index (χ0v) is 12.0. The molecule has 0 heterocycles. The van der Waals surface area contributed by atoms with Crippen LogP contribution in [0.4, 0.5) is 26.3 Å². The number of nitrogens with two attached hydrogens (primary N) is 1. The number of alkyl halides is 6. The largest absolute Gasteiger partial charge is 0.509 e. The zero-order chi connectivity index (χ0) is 18.8. The summed E-state index contributed by atoms with van der Waals surface area (Å²) in [5, 5.41) is 18.1. The number of hydrogen-bond donors (Lipinski definition) is 3. The van der Waals surface area contributed by atoms with Gasteiger partial charge in [0.15, 0.2) is 0 Å². The number of rotatable bonds is 4. The van der Waals surface area contributed by atoms with Crippen molar-refractivity contribution in [3.63, 3.8) is 0 Å². The highest BCUT2D eigenvalue weighted by atomic mass is 19.4. The molecular weight excluding hydrogens is 340 g/mol. The van der Waals surface area contributed by atoms with E-state index in [-0.39, 0.29) is 6.20 Å². The van der Waals surface area contributed by atoms with Gasteiger partial charge < -0.3 is 15.9 Å². The Bertz CT molecular complexity index is 642. The van der Waals surface area contributed by atoms with Crippen LogP contribution in [0.1, 0.15) is 5.56 Å². The van der Waals surface area contributed by atoms with Gasteiger partial charge in [0, 0.05) is 0 Å². The van der Waals surface area contributed by atoms with Gasteiger partial charge in [-0.1, -0.05) is 24.8 Å². The molecule has 132 valence electrons. The van der Waals surface area contributed by atoms with E-state index in [0.717, 1.165) is 0 Å². The fourth-order valence-electron chi connectivity index (χ4n) is 2.18. The summed E-state index contributed by atoms with van der Waals surface area (Å²) < 4.78 is 81.7. The second-order valence-electron chi connectivity index (χ2n) is 4.74. The van der Waals surface area contributed by atoms with E-state index in [1.807, 2.05) is 0 Å². The maximum Gasteiger partial charge on any atom is 0.411 e. The Morgan fingerprint density at radius 2 is 1.42 bits per heavy atom. The number of phenols is 1. The normalized spacial score (nSPS) is 14.2. The lowest BCUT2D eigenvalue weighted by Gasteiger charge is -2.38. The molecule has 0 fully saturated rings. The van der Waals surface area contributed by atoms with Crippen LogP contribution in [0.2, 0.25) is 0 Å². The van der Waals surface area contributed by atoms with Crippen LogP contribution in [0.5, 0.6) is 5.75 Å². The highest BCUT2D eigenvalue weighted by molar-refractivity contribution is 5.48. The highest BCUT2D eigenvalue weighted by Crippen LogP contribution is 2.56. The molecule has 9 heteroatoms. The minimum absolute atomic E-state index is 0.160. The lowest BCUT2D eigenvalue weighted by Crippen LogP contribution is -2.55. The van der Waals surface area contributed by atoms with Crippen molar-refractivity contribution in [2.75, 3.05) is 0 Å². The summed E-state index contributed by atoms with van der Waals surface area (Å²) >= 11 is 0. The van der Waals surface area contributed by atoms with Gasteiger partial charge in [-0.3, -0.25) is 0 Å². The van der Waals surface area contributed by atoms with Gasteiger partial charge in [0.25, 0.3) is 0 Å². The molecule has 0 aliphatic heterocycles. The number of allylic oxidation sites excluding steroid dienone is 3. The van der Waals surface area contributed by atoms with Gasteiger partial charge in [0.1, 0.15) is 11.5 Å². The monoisotopic (exact) mass is 353 g/mol. The van der Waals surface area contributed by atoms with E-state index in [0.29, 0.717) is 36.4 Å². The molecule has 0 aromatic heterocycles. The van der Waals surface area contributed by atoms with Gasteiger partial charge in [-0.05, 0) is 35.5 Å². The molecule has 24 heavy (non-hydrogen) atoms. The molecule has 0 saturated heterocycles. The van der Waals surface area contributed by atoms with Crippen LogP contribution in [-0.2, 0) is 5.41 Å². The SMILES string of the molecule is C=C(O)/C=C\C(=C/N)C(c1ccc(O)cc1)(C(F)(F)F)C(F)(F)F. The first-order valence-corrected chi connectivity index (χ1v) is 6.29. The van der Waals surface area contributed by atoms with Crippen molar-refractivity contribution < 1.29 is 36.6 Å². The lowest BCUT2D eigenvalue weighted by molar-refractivity contribution is -0.289. The Morgan fingerprint density at radius 1 is 0.958 bits per heavy atom. The third kappa shape index (κ3) is 3.34. The van der Waals surface area contributed by atoms with Gasteiger partial charge in [0.2, 0.25) is 5.41 Å². The predicted molar refractivity (Wildman–Crippen MR) is 75.1 cm³/mol. The molecule has 0 radical (unpaired) electrons. The van der Waals surface area contributed by atoms with Crippen LogP contribution in [-0.4, -0.2) is 22.6 Å². The van der Waals surface area contributed by atoms with E-state index in [2.05, 4.69) is 6.58 Å². The summed E-state index contributed by atoms with van der Waals surface area (Å²) in [4.78, 5) is 0. The molecule has 1 rings (SSSR count). The van der Waals surface area contributed by atoms with Crippen molar-refractivity contribution >= 4 is 0 Å². The Labute approximate surface area is 133 Å². The van der Waals surface area contributed by atoms with E-state index in [4.69, 9.17) is 15.9 Å². The maximum atomic E-state index is 13.6. The van der Waals surface area contributed by atoms with Crippen LogP contribution in [0.3, 0.4) is 0 Å². The summed E-state index contributed by atoms with van der Waals surface area (Å²) in [6.45, 7) is 2.96. The Balaban J connectivity index is 3.85. The van der Waals surface area contributed by atoms with Crippen molar-refractivity contribution in [3.8, 4) is 5.75 Å². The number of hydrogen-bond acceptors (Lipinski definition) is 3. The van der Waals surface area contributed by atoms with E-state index >= 15 is 0 Å². The molecule has 0 aliphatic rings. The summed E-state index contributed by atoms with van der Waals surface area (Å²) in [6.07, 6.45) is -10.5. The summed E-state index contributed by atoms with van der Waals surface area (Å²) in [5.41, 5.74) is -1.97. The van der Waals surface area contributed by atoms with E-state index in [9.17, 15) is 26.3 Å². The average molecular weight is 353 g/mol. The number of aromatic hydroxyl groups is 1. The van der Waals surface area contributed by atoms with Crippen LogP contribution < -0.4 is 5.73 Å². The summed E-state index contributed by atoms with van der Waals surface area (Å²) in [5.74, 6) is -1.26. The van der Waals surface area contributed by atoms with Crippen molar-refractivity contribution in [1.29, 1.82) is 0 Å². The van der Waals surface area contributed by atoms with Crippen molar-refractivity contribution in [3.05, 3.63) is 66.1 Å². The lowest BCUT2D eigenvalue weighted by atomic mass is 9.72. The molecule has 0 saturated carbocycles. The number of benzene rings is 1. The third-order valence-corrected chi connectivity index (χ3v) is 3.22. The fraction of sp³-hybridized carbons (Fsp3) is 0.200. The fourth-order valence-corrected chi connectivity index (χ4v) is 2.18. The Hall–Kier alpha value is -2.58. The molecule has 0 unspecified atom stereocenters. The summed E-state index contributed by atoms with van der Waals surface area (Å²) in [7, 11) is 0. The minimum Gasteiger partial charge on any atom is -0.509 e. The molecule has 4 N–H and O–H groups in total. The van der Waals surface area contributed by atoms with Gasteiger partial charge in [0.05, 0.1) is 0 Å². The highest BCUT2D eigenvalue weighted by Gasteiger charge is 2.73. The molecule has 1 aromatic rings. The van der Waals surface area contributed by atoms with Crippen molar-refractivity contribution in [2.45, 2.75) is 17.8 Å². The maximum absolute atomic E-state index is 13.6. The first-order chi connectivity index (χ1) is 10.9. The molecule has 0 bridgehead atoms. The molecule has 0 spiro atoms. The third-order valence-electron chi connectivity index (χ3n) is 3.22. The van der Waals surface area contributed by atoms with Gasteiger partial charge in [-0.2, -0.15) is 26.3 Å². The van der Waals surface area contributed by atoms with Gasteiger partial charge in [-0.15, -0.1) is 0 Å². The van der Waals surface area contributed by atoms with E-state index < -0.39 is 40.4 Å². The summed E-state index contributed by atoms with van der Waals surface area (Å²) in [6, 6.07) is 2.40. The van der Waals surface area contributed by atoms with Crippen LogP contribution in [0.25, 0.3) is 0 Å². The van der Waals surface area contributed by atoms with E-state index in [1.165, 1.54) is 0 Å². The molecular formula is C15H13F6NO2. The predicted octanol–water partition coefficient (Wildman–Crippen LogP) is 4.23. The zero-order valence-electron chi connectivity index (χ0n) is 12.0. The topological polar surface area (TPSA) is 66.5 Å². The number of halogens is 6. The molecule has 3 nitrogen and oxygen atoms in total. The van der Waals surface area contributed by atoms with Crippen LogP contribution in [0, 0.1) is 0 Å². The standard InChI is InChI=1S/C15H13F6NO2/c1-9(23)2-3-11(8-22)13(14(16,17)18,15(19,20)21)10-4-6-12(24)7-5-10/h2-8,23-24H,1,22H2/b3-2-,11-8+. The van der Waals surface area contributed by atoms with Crippen LogP contribution >= 0.6 is 0 Å². The Kier molecular flexibility index (Phi) is 5.27. The number of phenolic OH excluding ortho intramolecular Hbond substituents is 1. The quantitative estimate of drug-likeness (QED) is 0.431. The number of aliphatic hydroxyl groups is 1. The van der Waals surface area contributed by atoms with Gasteiger partial charge in [-0.25, -0.2) is 0 Å². The average Bonchev–Trinajstić information content (AvgIpc) is 2.41. The van der Waals surface area contributed by atoms with E-state index in [1.54, 1.807) is 0 Å². The second-order valence-corrected chi connectivity index (χ2v) is 4.74. The molecule has 0 aliphatic carbocycles. The van der Waals surface area contributed by atoms with Crippen molar-refractivity contribution in [1.82, 2.24) is 0 Å². The Morgan fingerprint density at radius 3 is 1.75 bits per heavy atom. The smallest absolute Gasteiger partial charge is 0.411 e. The first-order valence-electron chi connectivity index (χ1n) is 6.29.